The van der Waals surface area contributed by atoms with Crippen molar-refractivity contribution in [1.82, 2.24) is 34.1 Å². The van der Waals surface area contributed by atoms with E-state index in [4.69, 9.17) is 9.84 Å². The standard InChI is InChI=1S/C23H22N8O2/c1-33-12-15-9-11-30-19(15)23(32)31(16-6-3-2-4-7-16)21(28-30)17-8-5-10-29(17)22-18-20(25-13-24-18)26-14-27-22/h2-4,6-7,9,11,13-14,17H,5,8,10,12H2,1H3,(H,24,25,26,27)/t17-/m0/s1. The number of rotatable bonds is 5. The van der Waals surface area contributed by atoms with Gasteiger partial charge in [0.1, 0.15) is 17.4 Å². The second-order valence-corrected chi connectivity index (χ2v) is 8.05. The van der Waals surface area contributed by atoms with Crippen molar-refractivity contribution in [3.05, 3.63) is 77.0 Å². The van der Waals surface area contributed by atoms with Crippen LogP contribution >= 0.6 is 0 Å². The van der Waals surface area contributed by atoms with Crippen molar-refractivity contribution in [3.63, 3.8) is 0 Å². The highest BCUT2D eigenvalue weighted by Gasteiger charge is 2.34. The monoisotopic (exact) mass is 442 g/mol. The third-order valence-electron chi connectivity index (χ3n) is 6.13. The number of hydrogen-bond acceptors (Lipinski definition) is 7. The van der Waals surface area contributed by atoms with E-state index >= 15 is 0 Å². The molecule has 0 bridgehead atoms. The molecule has 0 unspecified atom stereocenters. The minimum atomic E-state index is -0.148. The Morgan fingerprint density at radius 2 is 2.03 bits per heavy atom. The van der Waals surface area contributed by atoms with E-state index < -0.39 is 0 Å². The van der Waals surface area contributed by atoms with Crippen molar-refractivity contribution >= 4 is 22.5 Å². The molecule has 5 heterocycles. The summed E-state index contributed by atoms with van der Waals surface area (Å²) in [6, 6.07) is 11.4. The number of methoxy groups -OCH3 is 1. The number of H-pyrrole nitrogens is 1. The van der Waals surface area contributed by atoms with Gasteiger partial charge < -0.3 is 14.6 Å². The molecule has 6 rings (SSSR count). The molecule has 4 aromatic heterocycles. The van der Waals surface area contributed by atoms with Crippen LogP contribution in [0.1, 0.15) is 30.3 Å². The molecule has 5 aromatic rings. The number of fused-ring (bicyclic) bond motifs is 2. The fourth-order valence-corrected chi connectivity index (χ4v) is 4.71. The predicted molar refractivity (Wildman–Crippen MR) is 123 cm³/mol. The summed E-state index contributed by atoms with van der Waals surface area (Å²) < 4.78 is 8.71. The molecule has 10 heteroatoms. The number of para-hydroxylation sites is 1. The lowest BCUT2D eigenvalue weighted by molar-refractivity contribution is 0.186. The first-order valence-corrected chi connectivity index (χ1v) is 10.8. The molecule has 1 fully saturated rings. The Morgan fingerprint density at radius 1 is 1.15 bits per heavy atom. The van der Waals surface area contributed by atoms with Crippen LogP contribution in [0.15, 0.2) is 60.0 Å². The third kappa shape index (κ3) is 3.10. The second-order valence-electron chi connectivity index (χ2n) is 8.05. The zero-order valence-electron chi connectivity index (χ0n) is 18.0. The van der Waals surface area contributed by atoms with E-state index in [1.807, 2.05) is 42.6 Å². The van der Waals surface area contributed by atoms with Gasteiger partial charge in [-0.25, -0.2) is 19.5 Å². The van der Waals surface area contributed by atoms with Gasteiger partial charge in [0.15, 0.2) is 17.3 Å². The highest BCUT2D eigenvalue weighted by Crippen LogP contribution is 2.36. The lowest BCUT2D eigenvalue weighted by Gasteiger charge is -2.27. The van der Waals surface area contributed by atoms with Crippen molar-refractivity contribution in [2.45, 2.75) is 25.5 Å². The van der Waals surface area contributed by atoms with E-state index in [0.717, 1.165) is 36.5 Å². The second kappa shape index (κ2) is 7.82. The van der Waals surface area contributed by atoms with Crippen LogP contribution in [0.5, 0.6) is 0 Å². The van der Waals surface area contributed by atoms with E-state index in [1.54, 1.807) is 22.5 Å². The fraction of sp³-hybridized carbons (Fsp3) is 0.261. The van der Waals surface area contributed by atoms with Gasteiger partial charge >= 0.3 is 0 Å². The molecule has 10 nitrogen and oxygen atoms in total. The average Bonchev–Trinajstić information content (AvgIpc) is 3.59. The molecule has 33 heavy (non-hydrogen) atoms. The number of nitrogens with one attached hydrogen (secondary N) is 1. The Bertz CT molecular complexity index is 1500. The lowest BCUT2D eigenvalue weighted by atomic mass is 10.2. The Kier molecular flexibility index (Phi) is 4.65. The molecule has 1 aliphatic heterocycles. The van der Waals surface area contributed by atoms with Gasteiger partial charge in [-0.2, -0.15) is 5.10 Å². The first-order chi connectivity index (χ1) is 16.3. The SMILES string of the molecule is COCc1ccn2nc([C@@H]3CCCN3c3ncnc4[nH]cnc34)n(-c3ccccc3)c(=O)c12. The number of hydrogen-bond donors (Lipinski definition) is 1. The summed E-state index contributed by atoms with van der Waals surface area (Å²) in [5.41, 5.74) is 3.38. The van der Waals surface area contributed by atoms with Crippen LogP contribution in [0.4, 0.5) is 5.82 Å². The topological polar surface area (TPSA) is 106 Å². The van der Waals surface area contributed by atoms with Crippen molar-refractivity contribution in [2.24, 2.45) is 0 Å². The molecule has 1 atom stereocenters. The van der Waals surface area contributed by atoms with E-state index in [-0.39, 0.29) is 11.6 Å². The Labute approximate surface area is 188 Å². The number of ether oxygens (including phenoxy) is 1. The largest absolute Gasteiger partial charge is 0.380 e. The maximum atomic E-state index is 13.9. The molecule has 1 aromatic carbocycles. The van der Waals surface area contributed by atoms with Crippen molar-refractivity contribution in [2.75, 3.05) is 18.6 Å². The van der Waals surface area contributed by atoms with Gasteiger partial charge in [0, 0.05) is 25.4 Å². The summed E-state index contributed by atoms with van der Waals surface area (Å²) >= 11 is 0. The number of aromatic amines is 1. The van der Waals surface area contributed by atoms with Crippen LogP contribution in [0.2, 0.25) is 0 Å². The van der Waals surface area contributed by atoms with Crippen LogP contribution in [-0.4, -0.2) is 47.8 Å². The maximum Gasteiger partial charge on any atom is 0.282 e. The molecular weight excluding hydrogens is 420 g/mol. The smallest absolute Gasteiger partial charge is 0.282 e. The van der Waals surface area contributed by atoms with E-state index in [2.05, 4.69) is 24.8 Å². The molecule has 0 radical (unpaired) electrons. The molecule has 0 aliphatic carbocycles. The highest BCUT2D eigenvalue weighted by molar-refractivity contribution is 5.83. The normalized spacial score (nSPS) is 16.3. The van der Waals surface area contributed by atoms with Gasteiger partial charge in [-0.3, -0.25) is 9.36 Å². The predicted octanol–water partition coefficient (Wildman–Crippen LogP) is 2.64. The number of anilines is 1. The van der Waals surface area contributed by atoms with Gasteiger partial charge in [0.25, 0.3) is 5.56 Å². The van der Waals surface area contributed by atoms with Crippen LogP contribution in [0.3, 0.4) is 0 Å². The van der Waals surface area contributed by atoms with Crippen molar-refractivity contribution in [3.8, 4) is 5.69 Å². The molecule has 166 valence electrons. The Balaban J connectivity index is 1.58. The lowest BCUT2D eigenvalue weighted by Crippen LogP contribution is -2.33. The van der Waals surface area contributed by atoms with Crippen molar-refractivity contribution < 1.29 is 4.74 Å². The van der Waals surface area contributed by atoms with E-state index in [0.29, 0.717) is 29.1 Å². The zero-order valence-corrected chi connectivity index (χ0v) is 18.0. The number of aromatic nitrogens is 7. The Morgan fingerprint density at radius 3 is 2.88 bits per heavy atom. The van der Waals surface area contributed by atoms with Crippen molar-refractivity contribution in [1.29, 1.82) is 0 Å². The summed E-state index contributed by atoms with van der Waals surface area (Å²) in [6.07, 6.45) is 6.76. The molecule has 0 spiro atoms. The van der Waals surface area contributed by atoms with Crippen LogP contribution in [-0.2, 0) is 11.3 Å². The van der Waals surface area contributed by atoms with Crippen LogP contribution in [0.25, 0.3) is 22.4 Å². The quantitative estimate of drug-likeness (QED) is 0.446. The maximum absolute atomic E-state index is 13.9. The molecule has 1 N–H and O–H groups in total. The zero-order chi connectivity index (χ0) is 22.4. The van der Waals surface area contributed by atoms with Crippen LogP contribution in [0, 0.1) is 0 Å². The molecule has 1 aliphatic rings. The number of nitrogens with zero attached hydrogens (tertiary/aromatic N) is 7. The summed E-state index contributed by atoms with van der Waals surface area (Å²) in [7, 11) is 1.62. The molecule has 0 saturated carbocycles. The summed E-state index contributed by atoms with van der Waals surface area (Å²) in [5.74, 6) is 1.41. The molecule has 1 saturated heterocycles. The van der Waals surface area contributed by atoms with E-state index in [1.165, 1.54) is 6.33 Å². The van der Waals surface area contributed by atoms with Gasteiger partial charge in [-0.1, -0.05) is 18.2 Å². The minimum absolute atomic E-state index is 0.122. The van der Waals surface area contributed by atoms with E-state index in [9.17, 15) is 4.79 Å². The van der Waals surface area contributed by atoms with Gasteiger partial charge in [0.05, 0.1) is 24.7 Å². The minimum Gasteiger partial charge on any atom is -0.380 e. The number of benzene rings is 1. The highest BCUT2D eigenvalue weighted by atomic mass is 16.5. The van der Waals surface area contributed by atoms with Gasteiger partial charge in [-0.15, -0.1) is 0 Å². The summed E-state index contributed by atoms with van der Waals surface area (Å²) in [6.45, 7) is 1.13. The molecule has 0 amide bonds. The summed E-state index contributed by atoms with van der Waals surface area (Å²) in [5, 5.41) is 4.95. The fourth-order valence-electron chi connectivity index (χ4n) is 4.71. The molecular formula is C23H22N8O2. The summed E-state index contributed by atoms with van der Waals surface area (Å²) in [4.78, 5) is 32.3. The third-order valence-corrected chi connectivity index (χ3v) is 6.13. The first kappa shape index (κ1) is 19.6. The van der Waals surface area contributed by atoms with Gasteiger partial charge in [-0.05, 0) is 31.0 Å². The Hall–Kier alpha value is -4.05. The average molecular weight is 442 g/mol. The first-order valence-electron chi connectivity index (χ1n) is 10.8. The van der Waals surface area contributed by atoms with Gasteiger partial charge in [0.2, 0.25) is 0 Å². The van der Waals surface area contributed by atoms with Crippen LogP contribution < -0.4 is 10.5 Å². The number of imidazole rings is 1.